The van der Waals surface area contributed by atoms with E-state index in [4.69, 9.17) is 0 Å². The van der Waals surface area contributed by atoms with Crippen molar-refractivity contribution in [3.05, 3.63) is 30.3 Å². The summed E-state index contributed by atoms with van der Waals surface area (Å²) in [5.74, 6) is 0.570. The Bertz CT molecular complexity index is 667. The standard InChI is InChI=1S/C17H23N5O2/c1-12(17(24)18-11-15(23)13-7-5-6-8-13)22-20-16(19-21-22)14-9-3-2-4-10-14/h2-4,9-10,12-13,15,23H,5-8,11H2,1H3,(H,18,24). The molecule has 24 heavy (non-hydrogen) atoms. The average Bonchev–Trinajstić information content (AvgIpc) is 3.31. The number of rotatable bonds is 6. The Balaban J connectivity index is 1.56. The fraction of sp³-hybridized carbons (Fsp3) is 0.529. The van der Waals surface area contributed by atoms with E-state index in [9.17, 15) is 9.90 Å². The van der Waals surface area contributed by atoms with Crippen LogP contribution in [0.15, 0.2) is 30.3 Å². The number of aliphatic hydroxyl groups is 1. The average molecular weight is 329 g/mol. The molecule has 0 aliphatic heterocycles. The van der Waals surface area contributed by atoms with Crippen LogP contribution in [-0.2, 0) is 4.79 Å². The molecular weight excluding hydrogens is 306 g/mol. The molecule has 1 heterocycles. The maximum atomic E-state index is 12.3. The van der Waals surface area contributed by atoms with Gasteiger partial charge in [-0.2, -0.15) is 4.80 Å². The fourth-order valence-corrected chi connectivity index (χ4v) is 3.06. The van der Waals surface area contributed by atoms with E-state index < -0.39 is 12.1 Å². The van der Waals surface area contributed by atoms with Gasteiger partial charge in [0.2, 0.25) is 11.7 Å². The first kappa shape index (κ1) is 16.6. The van der Waals surface area contributed by atoms with E-state index in [2.05, 4.69) is 20.7 Å². The highest BCUT2D eigenvalue weighted by atomic mass is 16.3. The molecule has 1 aromatic carbocycles. The van der Waals surface area contributed by atoms with E-state index in [-0.39, 0.29) is 12.5 Å². The lowest BCUT2D eigenvalue weighted by Crippen LogP contribution is -2.39. The zero-order valence-corrected chi connectivity index (χ0v) is 13.8. The lowest BCUT2D eigenvalue weighted by molar-refractivity contribution is -0.125. The van der Waals surface area contributed by atoms with Gasteiger partial charge >= 0.3 is 0 Å². The Morgan fingerprint density at radius 3 is 2.75 bits per heavy atom. The van der Waals surface area contributed by atoms with Crippen LogP contribution >= 0.6 is 0 Å². The molecule has 1 aromatic heterocycles. The summed E-state index contributed by atoms with van der Waals surface area (Å²) in [4.78, 5) is 13.6. The number of carbonyl (C=O) groups excluding carboxylic acids is 1. The first-order valence-corrected chi connectivity index (χ1v) is 8.46. The highest BCUT2D eigenvalue weighted by Crippen LogP contribution is 2.27. The normalized spacial score (nSPS) is 17.6. The Kier molecular flexibility index (Phi) is 5.20. The van der Waals surface area contributed by atoms with Gasteiger partial charge in [-0.1, -0.05) is 43.2 Å². The second-order valence-electron chi connectivity index (χ2n) is 6.33. The van der Waals surface area contributed by atoms with Gasteiger partial charge in [-0.05, 0) is 30.9 Å². The molecule has 0 spiro atoms. The number of tetrazole rings is 1. The smallest absolute Gasteiger partial charge is 0.246 e. The number of aromatic nitrogens is 4. The molecule has 2 atom stereocenters. The first-order chi connectivity index (χ1) is 11.6. The van der Waals surface area contributed by atoms with E-state index >= 15 is 0 Å². The van der Waals surface area contributed by atoms with E-state index in [0.717, 1.165) is 31.2 Å². The van der Waals surface area contributed by atoms with E-state index in [1.807, 2.05) is 30.3 Å². The maximum absolute atomic E-state index is 12.3. The van der Waals surface area contributed by atoms with Gasteiger partial charge in [0.15, 0.2) is 0 Å². The lowest BCUT2D eigenvalue weighted by Gasteiger charge is -2.19. The zero-order valence-electron chi connectivity index (χ0n) is 13.8. The molecule has 1 amide bonds. The number of benzene rings is 1. The summed E-state index contributed by atoms with van der Waals surface area (Å²) < 4.78 is 0. The zero-order chi connectivity index (χ0) is 16.9. The Labute approximate surface area is 141 Å². The predicted molar refractivity (Wildman–Crippen MR) is 88.9 cm³/mol. The molecule has 0 radical (unpaired) electrons. The summed E-state index contributed by atoms with van der Waals surface area (Å²) in [5, 5.41) is 25.2. The molecular formula is C17H23N5O2. The lowest BCUT2D eigenvalue weighted by atomic mass is 10.0. The molecule has 2 aromatic rings. The van der Waals surface area contributed by atoms with Crippen LogP contribution in [0.3, 0.4) is 0 Å². The number of aliphatic hydroxyl groups excluding tert-OH is 1. The summed E-state index contributed by atoms with van der Waals surface area (Å²) in [6.07, 6.45) is 3.93. The van der Waals surface area contributed by atoms with Crippen molar-refractivity contribution in [1.29, 1.82) is 0 Å². The molecule has 1 aliphatic rings. The third-order valence-corrected chi connectivity index (χ3v) is 4.62. The van der Waals surface area contributed by atoms with Crippen molar-refractivity contribution < 1.29 is 9.90 Å². The number of nitrogens with zero attached hydrogens (tertiary/aromatic N) is 4. The van der Waals surface area contributed by atoms with Crippen LogP contribution in [0, 0.1) is 5.92 Å². The summed E-state index contributed by atoms with van der Waals surface area (Å²) in [5.41, 5.74) is 0.855. The minimum Gasteiger partial charge on any atom is -0.391 e. The monoisotopic (exact) mass is 329 g/mol. The molecule has 0 bridgehead atoms. The van der Waals surface area contributed by atoms with E-state index in [0.29, 0.717) is 11.7 Å². The quantitative estimate of drug-likeness (QED) is 0.839. The third-order valence-electron chi connectivity index (χ3n) is 4.62. The SMILES string of the molecule is CC(C(=O)NCC(O)C1CCCC1)n1nnc(-c2ccccc2)n1. The molecule has 1 aliphatic carbocycles. The van der Waals surface area contributed by atoms with Crippen molar-refractivity contribution in [2.24, 2.45) is 5.92 Å². The molecule has 1 fully saturated rings. The Morgan fingerprint density at radius 2 is 2.04 bits per heavy atom. The number of amides is 1. The van der Waals surface area contributed by atoms with Crippen LogP contribution in [-0.4, -0.2) is 43.9 Å². The van der Waals surface area contributed by atoms with Crippen LogP contribution in [0.2, 0.25) is 0 Å². The largest absolute Gasteiger partial charge is 0.391 e. The number of nitrogens with one attached hydrogen (secondary N) is 1. The minimum absolute atomic E-state index is 0.218. The second-order valence-corrected chi connectivity index (χ2v) is 6.33. The summed E-state index contributed by atoms with van der Waals surface area (Å²) in [7, 11) is 0. The van der Waals surface area contributed by atoms with Crippen molar-refractivity contribution >= 4 is 5.91 Å². The Morgan fingerprint density at radius 1 is 1.33 bits per heavy atom. The summed E-state index contributed by atoms with van der Waals surface area (Å²) >= 11 is 0. The summed E-state index contributed by atoms with van der Waals surface area (Å²) in [6, 6.07) is 8.92. The van der Waals surface area contributed by atoms with Gasteiger partial charge in [0.1, 0.15) is 6.04 Å². The molecule has 2 N–H and O–H groups in total. The highest BCUT2D eigenvalue weighted by Gasteiger charge is 2.25. The Hall–Kier alpha value is -2.28. The fourth-order valence-electron chi connectivity index (χ4n) is 3.06. The number of hydrogen-bond acceptors (Lipinski definition) is 5. The van der Waals surface area contributed by atoms with Crippen molar-refractivity contribution in [3.8, 4) is 11.4 Å². The number of hydrogen-bond donors (Lipinski definition) is 2. The van der Waals surface area contributed by atoms with Gasteiger partial charge in [0.25, 0.3) is 0 Å². The molecule has 2 unspecified atom stereocenters. The van der Waals surface area contributed by atoms with Crippen LogP contribution in [0.25, 0.3) is 11.4 Å². The molecule has 3 rings (SSSR count). The topological polar surface area (TPSA) is 92.9 Å². The summed E-state index contributed by atoms with van der Waals surface area (Å²) in [6.45, 7) is 1.99. The van der Waals surface area contributed by atoms with Gasteiger partial charge in [0.05, 0.1) is 6.10 Å². The molecule has 1 saturated carbocycles. The molecule has 0 saturated heterocycles. The van der Waals surface area contributed by atoms with E-state index in [1.165, 1.54) is 4.80 Å². The number of carbonyl (C=O) groups is 1. The van der Waals surface area contributed by atoms with Gasteiger partial charge < -0.3 is 10.4 Å². The molecule has 128 valence electrons. The van der Waals surface area contributed by atoms with Gasteiger partial charge in [-0.25, -0.2) is 0 Å². The van der Waals surface area contributed by atoms with Gasteiger partial charge in [0, 0.05) is 12.1 Å². The van der Waals surface area contributed by atoms with Crippen molar-refractivity contribution in [2.75, 3.05) is 6.54 Å². The van der Waals surface area contributed by atoms with Crippen LogP contribution < -0.4 is 5.32 Å². The predicted octanol–water partition coefficient (Wildman–Crippen LogP) is 1.57. The molecule has 7 heteroatoms. The minimum atomic E-state index is -0.578. The van der Waals surface area contributed by atoms with Crippen molar-refractivity contribution in [2.45, 2.75) is 44.8 Å². The van der Waals surface area contributed by atoms with Crippen LogP contribution in [0.5, 0.6) is 0 Å². The van der Waals surface area contributed by atoms with E-state index in [1.54, 1.807) is 6.92 Å². The highest BCUT2D eigenvalue weighted by molar-refractivity contribution is 5.79. The maximum Gasteiger partial charge on any atom is 0.246 e. The van der Waals surface area contributed by atoms with Gasteiger partial charge in [-0.15, -0.1) is 10.2 Å². The van der Waals surface area contributed by atoms with Crippen LogP contribution in [0.4, 0.5) is 0 Å². The second kappa shape index (κ2) is 7.53. The van der Waals surface area contributed by atoms with Crippen molar-refractivity contribution in [3.63, 3.8) is 0 Å². The van der Waals surface area contributed by atoms with Crippen LogP contribution in [0.1, 0.15) is 38.6 Å². The van der Waals surface area contributed by atoms with Gasteiger partial charge in [-0.3, -0.25) is 4.79 Å². The third kappa shape index (κ3) is 3.79. The first-order valence-electron chi connectivity index (χ1n) is 8.46. The molecule has 7 nitrogen and oxygen atoms in total. The van der Waals surface area contributed by atoms with Crippen molar-refractivity contribution in [1.82, 2.24) is 25.5 Å².